The Labute approximate surface area is 203 Å². The van der Waals surface area contributed by atoms with Gasteiger partial charge in [0.2, 0.25) is 0 Å². The van der Waals surface area contributed by atoms with Crippen molar-refractivity contribution in [3.63, 3.8) is 0 Å². The van der Waals surface area contributed by atoms with Gasteiger partial charge in [0.15, 0.2) is 0 Å². The van der Waals surface area contributed by atoms with Crippen LogP contribution < -0.4 is 0 Å². The van der Waals surface area contributed by atoms with Crippen LogP contribution in [0.15, 0.2) is 23.3 Å². The Bertz CT molecular complexity index is 713. The summed E-state index contributed by atoms with van der Waals surface area (Å²) in [5.41, 5.74) is 2.35. The topological polar surface area (TPSA) is 49.7 Å². The van der Waals surface area contributed by atoms with Crippen LogP contribution in [0.25, 0.3) is 0 Å². The Hall–Kier alpha value is -0.640. The Kier molecular flexibility index (Phi) is 7.02. The lowest BCUT2D eigenvalue weighted by atomic mass is 9.58. The van der Waals surface area contributed by atoms with E-state index in [1.807, 2.05) is 0 Å². The van der Waals surface area contributed by atoms with E-state index < -0.39 is 0 Å². The summed E-state index contributed by atoms with van der Waals surface area (Å²) in [7, 11) is 0. The monoisotopic (exact) mass is 458 g/mol. The van der Waals surface area contributed by atoms with Gasteiger partial charge in [-0.25, -0.2) is 0 Å². The molecule has 0 aliphatic heterocycles. The maximum Gasteiger partial charge on any atom is 0.0786 e. The number of hydrogen-bond acceptors (Lipinski definition) is 3. The van der Waals surface area contributed by atoms with Crippen molar-refractivity contribution < 1.29 is 14.9 Å². The van der Waals surface area contributed by atoms with Gasteiger partial charge in [-0.05, 0) is 85.2 Å². The van der Waals surface area contributed by atoms with Crippen molar-refractivity contribution in [2.24, 2.45) is 34.5 Å². The van der Waals surface area contributed by atoms with E-state index in [0.717, 1.165) is 25.7 Å². The zero-order valence-electron chi connectivity index (χ0n) is 22.3. The summed E-state index contributed by atoms with van der Waals surface area (Å²) in [6.07, 6.45) is 16.2. The molecule has 188 valence electrons. The highest BCUT2D eigenvalue weighted by Gasteiger charge is 2.60. The third-order valence-electron chi connectivity index (χ3n) is 10.6. The van der Waals surface area contributed by atoms with Gasteiger partial charge in [0.25, 0.3) is 0 Å². The molecule has 3 heteroatoms. The van der Waals surface area contributed by atoms with Crippen molar-refractivity contribution >= 4 is 0 Å². The molecule has 0 saturated heterocycles. The molecule has 0 bridgehead atoms. The third kappa shape index (κ3) is 4.29. The van der Waals surface area contributed by atoms with E-state index in [-0.39, 0.29) is 35.2 Å². The molecule has 0 spiro atoms. The maximum absolute atomic E-state index is 10.0. The number of fused-ring (bicyclic) bond motifs is 2. The molecule has 33 heavy (non-hydrogen) atoms. The zero-order valence-corrected chi connectivity index (χ0v) is 22.3. The molecule has 2 fully saturated rings. The van der Waals surface area contributed by atoms with Gasteiger partial charge in [0.05, 0.1) is 24.4 Å². The highest BCUT2D eigenvalue weighted by molar-refractivity contribution is 5.24. The summed E-state index contributed by atoms with van der Waals surface area (Å²) in [6.45, 7) is 15.0. The number of rotatable bonds is 4. The largest absolute Gasteiger partial charge is 0.392 e. The molecule has 0 aromatic heterocycles. The zero-order chi connectivity index (χ0) is 24.1. The van der Waals surface area contributed by atoms with Gasteiger partial charge in [0.1, 0.15) is 0 Å². The van der Waals surface area contributed by atoms with Gasteiger partial charge >= 0.3 is 0 Å². The first-order chi connectivity index (χ1) is 15.5. The fraction of sp³-hybridized carbons (Fsp3) is 0.867. The predicted octanol–water partition coefficient (Wildman–Crippen LogP) is 6.83. The van der Waals surface area contributed by atoms with Crippen LogP contribution in [0.4, 0.5) is 0 Å². The van der Waals surface area contributed by atoms with E-state index in [9.17, 15) is 10.2 Å². The van der Waals surface area contributed by atoms with E-state index in [1.165, 1.54) is 49.7 Å². The molecule has 4 rings (SSSR count). The molecule has 3 nitrogen and oxygen atoms in total. The molecule has 0 aromatic carbocycles. The summed E-state index contributed by atoms with van der Waals surface area (Å²) >= 11 is 0. The molecular weight excluding hydrogens is 408 g/mol. The summed E-state index contributed by atoms with van der Waals surface area (Å²) in [5, 5.41) is 20.1. The van der Waals surface area contributed by atoms with Gasteiger partial charge in [-0.1, -0.05) is 66.5 Å². The van der Waals surface area contributed by atoms with Crippen molar-refractivity contribution in [3.8, 4) is 0 Å². The molecule has 0 radical (unpaired) electrons. The maximum atomic E-state index is 10.0. The van der Waals surface area contributed by atoms with Crippen LogP contribution in [0.1, 0.15) is 106 Å². The van der Waals surface area contributed by atoms with E-state index in [4.69, 9.17) is 4.74 Å². The summed E-state index contributed by atoms with van der Waals surface area (Å²) in [4.78, 5) is 0. The Balaban J connectivity index is 1.87. The Morgan fingerprint density at radius 2 is 1.12 bits per heavy atom. The van der Waals surface area contributed by atoms with Gasteiger partial charge in [0, 0.05) is 11.8 Å². The van der Waals surface area contributed by atoms with Crippen LogP contribution >= 0.6 is 0 Å². The first-order valence-electron chi connectivity index (χ1n) is 13.8. The molecule has 4 aliphatic carbocycles. The number of aliphatic hydroxyl groups is 2. The minimum Gasteiger partial charge on any atom is -0.392 e. The van der Waals surface area contributed by atoms with E-state index in [2.05, 4.69) is 53.7 Å². The van der Waals surface area contributed by atoms with E-state index in [1.54, 1.807) is 0 Å². The lowest BCUT2D eigenvalue weighted by Gasteiger charge is -2.60. The van der Waals surface area contributed by atoms with E-state index >= 15 is 0 Å². The first kappa shape index (κ1) is 25.5. The number of aliphatic hydroxyl groups excluding tert-OH is 2. The molecule has 0 unspecified atom stereocenters. The lowest BCUT2D eigenvalue weighted by molar-refractivity contribution is -0.258. The first-order valence-corrected chi connectivity index (χ1v) is 13.8. The average Bonchev–Trinajstić information content (AvgIpc) is 2.93. The molecule has 4 aliphatic rings. The highest BCUT2D eigenvalue weighted by Crippen LogP contribution is 2.61. The van der Waals surface area contributed by atoms with E-state index in [0.29, 0.717) is 23.7 Å². The van der Waals surface area contributed by atoms with Gasteiger partial charge < -0.3 is 14.9 Å². The minimum absolute atomic E-state index is 0.155. The standard InChI is InChI=1S/C30H50O3/c1-21-9-7-13-27(3,4)25-17-23(19-31)11-15-29(21,25)33-30-16-12-24(20-32)18-26(30)28(5,6)14-8-10-22(30)2/h17-18,21-22,25-26,31-32H,7-16,19-20H2,1-6H3/t21-,22-,25+,26+,29+,30+/m1/s1. The summed E-state index contributed by atoms with van der Waals surface area (Å²) in [6, 6.07) is 0. The Morgan fingerprint density at radius 1 is 0.727 bits per heavy atom. The smallest absolute Gasteiger partial charge is 0.0786 e. The second-order valence-electron chi connectivity index (χ2n) is 13.5. The van der Waals surface area contributed by atoms with Crippen LogP contribution in [0.2, 0.25) is 0 Å². The lowest BCUT2D eigenvalue weighted by Crippen LogP contribution is -2.62. The number of ether oxygens (including phenoxy) is 1. The second kappa shape index (κ2) is 9.10. The highest BCUT2D eigenvalue weighted by atomic mass is 16.5. The van der Waals surface area contributed by atoms with Crippen LogP contribution in [0.5, 0.6) is 0 Å². The van der Waals surface area contributed by atoms with Crippen molar-refractivity contribution in [1.82, 2.24) is 0 Å². The Morgan fingerprint density at radius 3 is 1.48 bits per heavy atom. The van der Waals surface area contributed by atoms with Gasteiger partial charge in [-0.2, -0.15) is 0 Å². The second-order valence-corrected chi connectivity index (χ2v) is 13.5. The molecule has 2 saturated carbocycles. The molecule has 0 amide bonds. The summed E-state index contributed by atoms with van der Waals surface area (Å²) in [5.74, 6) is 1.65. The van der Waals surface area contributed by atoms with Crippen LogP contribution in [0, 0.1) is 34.5 Å². The van der Waals surface area contributed by atoms with Crippen LogP contribution in [-0.2, 0) is 4.74 Å². The fourth-order valence-corrected chi connectivity index (χ4v) is 8.40. The molecule has 2 N–H and O–H groups in total. The average molecular weight is 459 g/mol. The summed E-state index contributed by atoms with van der Waals surface area (Å²) < 4.78 is 7.90. The fourth-order valence-electron chi connectivity index (χ4n) is 8.40. The number of hydrogen-bond donors (Lipinski definition) is 2. The van der Waals surface area contributed by atoms with Gasteiger partial charge in [-0.15, -0.1) is 0 Å². The van der Waals surface area contributed by atoms with Crippen molar-refractivity contribution in [2.75, 3.05) is 13.2 Å². The molecule has 6 atom stereocenters. The van der Waals surface area contributed by atoms with Crippen molar-refractivity contribution in [2.45, 2.75) is 117 Å². The minimum atomic E-state index is -0.184. The van der Waals surface area contributed by atoms with Crippen molar-refractivity contribution in [3.05, 3.63) is 23.3 Å². The molecule has 0 heterocycles. The van der Waals surface area contributed by atoms with Gasteiger partial charge in [-0.3, -0.25) is 0 Å². The normalized spacial score (nSPS) is 42.8. The predicted molar refractivity (Wildman–Crippen MR) is 136 cm³/mol. The molecule has 0 aromatic rings. The quantitative estimate of drug-likeness (QED) is 0.454. The SMILES string of the molecule is C[C@@H]1CCCC(C)(C)[C@@H]2C=C(CO)CC[C@]12O[C@]12CCC(CO)=C[C@H]1C(C)(C)CCC[C@H]2C. The molecular formula is C30H50O3. The van der Waals surface area contributed by atoms with Crippen molar-refractivity contribution in [1.29, 1.82) is 0 Å². The van der Waals surface area contributed by atoms with Crippen LogP contribution in [-0.4, -0.2) is 34.6 Å². The third-order valence-corrected chi connectivity index (χ3v) is 10.6. The van der Waals surface area contributed by atoms with Crippen LogP contribution in [0.3, 0.4) is 0 Å².